The van der Waals surface area contributed by atoms with Crippen LogP contribution in [-0.4, -0.2) is 16.1 Å². The molecule has 5 heteroatoms. The van der Waals surface area contributed by atoms with E-state index in [0.717, 1.165) is 23.1 Å². The van der Waals surface area contributed by atoms with Crippen LogP contribution in [-0.2, 0) is 12.8 Å². The van der Waals surface area contributed by atoms with Crippen molar-refractivity contribution in [1.29, 1.82) is 0 Å². The summed E-state index contributed by atoms with van der Waals surface area (Å²) in [6.45, 7) is 6.04. The molecule has 5 nitrogen and oxygen atoms in total. The SMILES string of the molecule is CCc1ccc(Cc2nnc(NC(=O)c3cc(C)cc(C)c3)o2)cc1. The standard InChI is InChI=1S/C20H21N3O2/c1-4-15-5-7-16(8-6-15)12-18-22-23-20(25-18)21-19(24)17-10-13(2)9-14(3)11-17/h5-11H,4,12H2,1-3H3,(H,21,23,24). The maximum atomic E-state index is 12.3. The van der Waals surface area contributed by atoms with E-state index in [1.807, 2.05) is 32.0 Å². The maximum Gasteiger partial charge on any atom is 0.322 e. The Labute approximate surface area is 147 Å². The quantitative estimate of drug-likeness (QED) is 0.762. The van der Waals surface area contributed by atoms with Crippen LogP contribution < -0.4 is 5.32 Å². The van der Waals surface area contributed by atoms with Crippen LogP contribution in [0.1, 0.15) is 45.4 Å². The third kappa shape index (κ3) is 4.32. The lowest BCUT2D eigenvalue weighted by Gasteiger charge is -2.04. The Morgan fingerprint density at radius 1 is 1.00 bits per heavy atom. The van der Waals surface area contributed by atoms with Crippen LogP contribution in [0.3, 0.4) is 0 Å². The van der Waals surface area contributed by atoms with Crippen molar-refractivity contribution in [3.63, 3.8) is 0 Å². The molecule has 1 N–H and O–H groups in total. The predicted octanol–water partition coefficient (Wildman–Crippen LogP) is 4.09. The summed E-state index contributed by atoms with van der Waals surface area (Å²) in [5.41, 5.74) is 5.02. The summed E-state index contributed by atoms with van der Waals surface area (Å²) in [6.07, 6.45) is 1.55. The molecule has 1 amide bonds. The van der Waals surface area contributed by atoms with Crippen molar-refractivity contribution >= 4 is 11.9 Å². The fourth-order valence-corrected chi connectivity index (χ4v) is 2.72. The Morgan fingerprint density at radius 3 is 2.28 bits per heavy atom. The summed E-state index contributed by atoms with van der Waals surface area (Å²) in [4.78, 5) is 12.3. The number of anilines is 1. The third-order valence-electron chi connectivity index (χ3n) is 3.96. The van der Waals surface area contributed by atoms with Gasteiger partial charge in [-0.3, -0.25) is 10.1 Å². The molecule has 0 saturated carbocycles. The summed E-state index contributed by atoms with van der Waals surface area (Å²) in [7, 11) is 0. The van der Waals surface area contributed by atoms with Crippen LogP contribution in [0, 0.1) is 13.8 Å². The first-order chi connectivity index (χ1) is 12.0. The second-order valence-corrected chi connectivity index (χ2v) is 6.18. The van der Waals surface area contributed by atoms with Gasteiger partial charge in [0.2, 0.25) is 5.89 Å². The molecule has 1 heterocycles. The number of aromatic nitrogens is 2. The average molecular weight is 335 g/mol. The molecule has 0 atom stereocenters. The van der Waals surface area contributed by atoms with Crippen LogP contribution in [0.5, 0.6) is 0 Å². The molecular weight excluding hydrogens is 314 g/mol. The number of hydrogen-bond donors (Lipinski definition) is 1. The summed E-state index contributed by atoms with van der Waals surface area (Å²) in [5.74, 6) is 0.217. The smallest absolute Gasteiger partial charge is 0.322 e. The lowest BCUT2D eigenvalue weighted by atomic mass is 10.1. The molecule has 25 heavy (non-hydrogen) atoms. The van der Waals surface area contributed by atoms with Gasteiger partial charge in [0.15, 0.2) is 0 Å². The maximum absolute atomic E-state index is 12.3. The molecule has 3 rings (SSSR count). The van der Waals surface area contributed by atoms with Crippen LogP contribution in [0.2, 0.25) is 0 Å². The third-order valence-corrected chi connectivity index (χ3v) is 3.96. The Bertz CT molecular complexity index is 862. The van der Waals surface area contributed by atoms with Gasteiger partial charge in [-0.1, -0.05) is 53.5 Å². The van der Waals surface area contributed by atoms with E-state index in [4.69, 9.17) is 4.42 Å². The van der Waals surface area contributed by atoms with Gasteiger partial charge in [0.25, 0.3) is 5.91 Å². The highest BCUT2D eigenvalue weighted by Gasteiger charge is 2.12. The van der Waals surface area contributed by atoms with Crippen molar-refractivity contribution in [1.82, 2.24) is 10.2 Å². The van der Waals surface area contributed by atoms with Crippen molar-refractivity contribution in [3.8, 4) is 0 Å². The number of rotatable bonds is 5. The molecule has 128 valence electrons. The van der Waals surface area contributed by atoms with Crippen LogP contribution in [0.4, 0.5) is 6.01 Å². The Kier molecular flexibility index (Phi) is 4.93. The van der Waals surface area contributed by atoms with Gasteiger partial charge in [-0.05, 0) is 43.5 Å². The fraction of sp³-hybridized carbons (Fsp3) is 0.250. The molecule has 1 aromatic heterocycles. The van der Waals surface area contributed by atoms with E-state index >= 15 is 0 Å². The van der Waals surface area contributed by atoms with Crippen molar-refractivity contribution in [2.45, 2.75) is 33.6 Å². The molecule has 0 aliphatic heterocycles. The number of benzene rings is 2. The van der Waals surface area contributed by atoms with Crippen molar-refractivity contribution < 1.29 is 9.21 Å². The van der Waals surface area contributed by atoms with Crippen LogP contribution in [0.25, 0.3) is 0 Å². The van der Waals surface area contributed by atoms with Crippen molar-refractivity contribution in [2.24, 2.45) is 0 Å². The van der Waals surface area contributed by atoms with Crippen molar-refractivity contribution in [3.05, 3.63) is 76.2 Å². The minimum atomic E-state index is -0.255. The van der Waals surface area contributed by atoms with E-state index in [-0.39, 0.29) is 11.9 Å². The first kappa shape index (κ1) is 16.9. The molecule has 0 aliphatic rings. The number of carbonyl (C=O) groups is 1. The largest absolute Gasteiger partial charge is 0.407 e. The number of nitrogens with one attached hydrogen (secondary N) is 1. The molecule has 3 aromatic rings. The van der Waals surface area contributed by atoms with E-state index < -0.39 is 0 Å². The second kappa shape index (κ2) is 7.30. The van der Waals surface area contributed by atoms with E-state index in [2.05, 4.69) is 46.7 Å². The van der Waals surface area contributed by atoms with Gasteiger partial charge in [-0.15, -0.1) is 5.10 Å². The van der Waals surface area contributed by atoms with Crippen LogP contribution >= 0.6 is 0 Å². The minimum Gasteiger partial charge on any atom is -0.407 e. The van der Waals surface area contributed by atoms with Gasteiger partial charge in [-0.2, -0.15) is 0 Å². The summed E-state index contributed by atoms with van der Waals surface area (Å²) < 4.78 is 5.54. The zero-order valence-electron chi connectivity index (χ0n) is 14.7. The number of aryl methyl sites for hydroxylation is 3. The Hall–Kier alpha value is -2.95. The Balaban J connectivity index is 1.67. The van der Waals surface area contributed by atoms with Gasteiger partial charge in [0, 0.05) is 5.56 Å². The molecule has 0 radical (unpaired) electrons. The number of hydrogen-bond acceptors (Lipinski definition) is 4. The van der Waals surface area contributed by atoms with Crippen molar-refractivity contribution in [2.75, 3.05) is 5.32 Å². The molecule has 0 saturated heterocycles. The Morgan fingerprint density at radius 2 is 1.64 bits per heavy atom. The van der Waals surface area contributed by atoms with E-state index in [0.29, 0.717) is 17.9 Å². The van der Waals surface area contributed by atoms with E-state index in [9.17, 15) is 4.79 Å². The highest BCUT2D eigenvalue weighted by atomic mass is 16.4. The monoisotopic (exact) mass is 335 g/mol. The molecular formula is C20H21N3O2. The minimum absolute atomic E-state index is 0.115. The van der Waals surface area contributed by atoms with Gasteiger partial charge >= 0.3 is 6.01 Å². The predicted molar refractivity (Wildman–Crippen MR) is 96.8 cm³/mol. The zero-order chi connectivity index (χ0) is 17.8. The number of amides is 1. The second-order valence-electron chi connectivity index (χ2n) is 6.18. The normalized spacial score (nSPS) is 10.7. The highest BCUT2D eigenvalue weighted by Crippen LogP contribution is 2.15. The van der Waals surface area contributed by atoms with Gasteiger partial charge in [0.05, 0.1) is 6.42 Å². The molecule has 0 bridgehead atoms. The summed E-state index contributed by atoms with van der Waals surface area (Å²) >= 11 is 0. The average Bonchev–Trinajstić information content (AvgIpc) is 3.01. The molecule has 0 spiro atoms. The first-order valence-electron chi connectivity index (χ1n) is 8.33. The number of carbonyl (C=O) groups excluding carboxylic acids is 1. The molecule has 0 aliphatic carbocycles. The molecule has 2 aromatic carbocycles. The first-order valence-corrected chi connectivity index (χ1v) is 8.33. The van der Waals surface area contributed by atoms with E-state index in [1.54, 1.807) is 0 Å². The lowest BCUT2D eigenvalue weighted by Crippen LogP contribution is -2.12. The topological polar surface area (TPSA) is 68.0 Å². The zero-order valence-corrected chi connectivity index (χ0v) is 14.7. The van der Waals surface area contributed by atoms with Gasteiger partial charge in [0.1, 0.15) is 0 Å². The summed E-state index contributed by atoms with van der Waals surface area (Å²) in [5, 5.41) is 10.6. The van der Waals surface area contributed by atoms with E-state index in [1.165, 1.54) is 5.56 Å². The highest BCUT2D eigenvalue weighted by molar-refractivity contribution is 6.03. The molecule has 0 unspecified atom stereocenters. The molecule has 0 fully saturated rings. The fourth-order valence-electron chi connectivity index (χ4n) is 2.72. The lowest BCUT2D eigenvalue weighted by molar-refractivity contribution is 0.102. The summed E-state index contributed by atoms with van der Waals surface area (Å²) in [6, 6.07) is 14.1. The van der Waals surface area contributed by atoms with Gasteiger partial charge in [-0.25, -0.2) is 0 Å². The van der Waals surface area contributed by atoms with Gasteiger partial charge < -0.3 is 4.42 Å². The number of nitrogens with zero attached hydrogens (tertiary/aromatic N) is 2. The van der Waals surface area contributed by atoms with Crippen LogP contribution in [0.15, 0.2) is 46.9 Å².